The van der Waals surface area contributed by atoms with Crippen LogP contribution in [0, 0.1) is 6.92 Å². The molecule has 4 heteroatoms. The van der Waals surface area contributed by atoms with Gasteiger partial charge in [0.2, 0.25) is 0 Å². The molecule has 0 bridgehead atoms. The number of likely N-dealkylation sites (N-methyl/N-ethyl adjacent to an activating group) is 1. The molecule has 1 rings (SSSR count). The molecule has 0 aliphatic carbocycles. The molecule has 0 saturated heterocycles. The van der Waals surface area contributed by atoms with Crippen LogP contribution in [0.25, 0.3) is 0 Å². The van der Waals surface area contributed by atoms with Crippen LogP contribution in [0.2, 0.25) is 0 Å². The van der Waals surface area contributed by atoms with E-state index in [2.05, 4.69) is 54.9 Å². The number of nitrogens with zero attached hydrogens (tertiary/aromatic N) is 3. The van der Waals surface area contributed by atoms with Crippen molar-refractivity contribution in [2.75, 3.05) is 27.2 Å². The van der Waals surface area contributed by atoms with Gasteiger partial charge in [0.1, 0.15) is 0 Å². The van der Waals surface area contributed by atoms with E-state index in [1.54, 1.807) is 0 Å². The first kappa shape index (κ1) is 14.2. The molecule has 0 radical (unpaired) electrons. The molecular weight excluding hydrogens is 212 g/mol. The minimum Gasteiger partial charge on any atom is -0.310 e. The standard InChI is InChI=1S/C13H26N4/c1-6-7-14-11(2)13-10-15-17(12(13)3)9-8-16(4)5/h10-11,14H,6-9H2,1-5H3. The SMILES string of the molecule is CCCNC(C)c1cnn(CCN(C)C)c1C. The van der Waals surface area contributed by atoms with Crippen molar-refractivity contribution in [2.24, 2.45) is 0 Å². The highest BCUT2D eigenvalue weighted by molar-refractivity contribution is 5.19. The summed E-state index contributed by atoms with van der Waals surface area (Å²) in [5.41, 5.74) is 2.60. The number of hydrogen-bond donors (Lipinski definition) is 1. The Labute approximate surface area is 105 Å². The minimum absolute atomic E-state index is 0.392. The third-order valence-corrected chi connectivity index (χ3v) is 3.07. The Morgan fingerprint density at radius 2 is 2.18 bits per heavy atom. The van der Waals surface area contributed by atoms with Crippen molar-refractivity contribution in [3.8, 4) is 0 Å². The van der Waals surface area contributed by atoms with Gasteiger partial charge in [-0.3, -0.25) is 4.68 Å². The maximum atomic E-state index is 4.47. The molecule has 98 valence electrons. The van der Waals surface area contributed by atoms with Gasteiger partial charge in [0, 0.05) is 23.8 Å². The van der Waals surface area contributed by atoms with Gasteiger partial charge in [0.15, 0.2) is 0 Å². The summed E-state index contributed by atoms with van der Waals surface area (Å²) < 4.78 is 2.10. The van der Waals surface area contributed by atoms with Crippen molar-refractivity contribution in [1.82, 2.24) is 20.0 Å². The predicted molar refractivity (Wildman–Crippen MR) is 72.2 cm³/mol. The third-order valence-electron chi connectivity index (χ3n) is 3.07. The van der Waals surface area contributed by atoms with E-state index in [4.69, 9.17) is 0 Å². The monoisotopic (exact) mass is 238 g/mol. The highest BCUT2D eigenvalue weighted by Crippen LogP contribution is 2.16. The molecule has 1 unspecified atom stereocenters. The topological polar surface area (TPSA) is 33.1 Å². The zero-order valence-corrected chi connectivity index (χ0v) is 11.8. The van der Waals surface area contributed by atoms with Crippen LogP contribution in [-0.4, -0.2) is 41.9 Å². The van der Waals surface area contributed by atoms with Crippen molar-refractivity contribution in [2.45, 2.75) is 39.8 Å². The number of nitrogens with one attached hydrogen (secondary N) is 1. The maximum Gasteiger partial charge on any atom is 0.0540 e. The summed E-state index contributed by atoms with van der Waals surface area (Å²) in [5.74, 6) is 0. The molecule has 0 aromatic carbocycles. The first-order chi connectivity index (χ1) is 8.06. The number of aromatic nitrogens is 2. The Bertz CT molecular complexity index is 330. The van der Waals surface area contributed by atoms with Gasteiger partial charge in [-0.25, -0.2) is 0 Å². The summed E-state index contributed by atoms with van der Waals surface area (Å²) in [6.45, 7) is 9.59. The smallest absolute Gasteiger partial charge is 0.0540 e. The molecule has 0 spiro atoms. The quantitative estimate of drug-likeness (QED) is 0.786. The van der Waals surface area contributed by atoms with Gasteiger partial charge in [-0.15, -0.1) is 0 Å². The molecule has 1 atom stereocenters. The third kappa shape index (κ3) is 4.13. The Morgan fingerprint density at radius 1 is 1.47 bits per heavy atom. The van der Waals surface area contributed by atoms with Crippen LogP contribution < -0.4 is 5.32 Å². The molecule has 1 aromatic rings. The summed E-state index contributed by atoms with van der Waals surface area (Å²) in [4.78, 5) is 2.18. The summed E-state index contributed by atoms with van der Waals surface area (Å²) in [6, 6.07) is 0.392. The second-order valence-corrected chi connectivity index (χ2v) is 4.89. The lowest BCUT2D eigenvalue weighted by Gasteiger charge is -2.14. The van der Waals surface area contributed by atoms with E-state index in [1.807, 2.05) is 6.20 Å². The van der Waals surface area contributed by atoms with Gasteiger partial charge in [-0.05, 0) is 40.9 Å². The normalized spacial score (nSPS) is 13.3. The molecule has 1 aromatic heterocycles. The first-order valence-electron chi connectivity index (χ1n) is 6.46. The van der Waals surface area contributed by atoms with Crippen molar-refractivity contribution in [3.63, 3.8) is 0 Å². The zero-order chi connectivity index (χ0) is 12.8. The Morgan fingerprint density at radius 3 is 2.76 bits per heavy atom. The van der Waals surface area contributed by atoms with Gasteiger partial charge >= 0.3 is 0 Å². The van der Waals surface area contributed by atoms with Crippen LogP contribution in [-0.2, 0) is 6.54 Å². The molecule has 0 aliphatic heterocycles. The van der Waals surface area contributed by atoms with E-state index in [0.29, 0.717) is 6.04 Å². The Kier molecular flexibility index (Phi) is 5.65. The highest BCUT2D eigenvalue weighted by atomic mass is 15.3. The summed E-state index contributed by atoms with van der Waals surface area (Å²) in [6.07, 6.45) is 3.16. The lowest BCUT2D eigenvalue weighted by Crippen LogP contribution is -2.21. The Balaban J connectivity index is 2.62. The van der Waals surface area contributed by atoms with Crippen LogP contribution in [0.1, 0.15) is 37.6 Å². The van der Waals surface area contributed by atoms with Gasteiger partial charge in [0.25, 0.3) is 0 Å². The molecule has 0 fully saturated rings. The van der Waals surface area contributed by atoms with Crippen molar-refractivity contribution in [3.05, 3.63) is 17.5 Å². The van der Waals surface area contributed by atoms with Crippen molar-refractivity contribution >= 4 is 0 Å². The lowest BCUT2D eigenvalue weighted by molar-refractivity contribution is 0.370. The van der Waals surface area contributed by atoms with Crippen LogP contribution >= 0.6 is 0 Å². The average Bonchev–Trinajstić information content (AvgIpc) is 2.65. The van der Waals surface area contributed by atoms with E-state index >= 15 is 0 Å². The van der Waals surface area contributed by atoms with E-state index in [0.717, 1.165) is 26.1 Å². The van der Waals surface area contributed by atoms with Gasteiger partial charge in [-0.2, -0.15) is 5.10 Å². The molecule has 0 aliphatic rings. The van der Waals surface area contributed by atoms with E-state index in [1.165, 1.54) is 11.3 Å². The van der Waals surface area contributed by atoms with Crippen LogP contribution in [0.4, 0.5) is 0 Å². The highest BCUT2D eigenvalue weighted by Gasteiger charge is 2.12. The fraction of sp³-hybridized carbons (Fsp3) is 0.769. The van der Waals surface area contributed by atoms with Gasteiger partial charge in [-0.1, -0.05) is 6.92 Å². The van der Waals surface area contributed by atoms with Crippen molar-refractivity contribution in [1.29, 1.82) is 0 Å². The van der Waals surface area contributed by atoms with Crippen molar-refractivity contribution < 1.29 is 0 Å². The van der Waals surface area contributed by atoms with Crippen LogP contribution in [0.15, 0.2) is 6.20 Å². The molecule has 1 heterocycles. The fourth-order valence-corrected chi connectivity index (χ4v) is 1.88. The summed E-state index contributed by atoms with van der Waals surface area (Å²) >= 11 is 0. The lowest BCUT2D eigenvalue weighted by atomic mass is 10.1. The van der Waals surface area contributed by atoms with Gasteiger partial charge < -0.3 is 10.2 Å². The largest absolute Gasteiger partial charge is 0.310 e. The zero-order valence-electron chi connectivity index (χ0n) is 11.8. The van der Waals surface area contributed by atoms with E-state index in [9.17, 15) is 0 Å². The second-order valence-electron chi connectivity index (χ2n) is 4.89. The number of rotatable bonds is 7. The summed E-state index contributed by atoms with van der Waals surface area (Å²) in [7, 11) is 4.18. The molecule has 4 nitrogen and oxygen atoms in total. The van der Waals surface area contributed by atoms with E-state index in [-0.39, 0.29) is 0 Å². The Hall–Kier alpha value is -0.870. The van der Waals surface area contributed by atoms with E-state index < -0.39 is 0 Å². The molecule has 0 amide bonds. The average molecular weight is 238 g/mol. The minimum atomic E-state index is 0.392. The maximum absolute atomic E-state index is 4.47. The predicted octanol–water partition coefficient (Wildman–Crippen LogP) is 1.81. The van der Waals surface area contributed by atoms with Crippen LogP contribution in [0.3, 0.4) is 0 Å². The molecular formula is C13H26N4. The fourth-order valence-electron chi connectivity index (χ4n) is 1.88. The number of hydrogen-bond acceptors (Lipinski definition) is 3. The van der Waals surface area contributed by atoms with Gasteiger partial charge in [0.05, 0.1) is 12.7 Å². The molecule has 0 saturated carbocycles. The molecule has 1 N–H and O–H groups in total. The molecule has 17 heavy (non-hydrogen) atoms. The second kappa shape index (κ2) is 6.77. The summed E-state index contributed by atoms with van der Waals surface area (Å²) in [5, 5.41) is 7.97. The first-order valence-corrected chi connectivity index (χ1v) is 6.46. The van der Waals surface area contributed by atoms with Crippen LogP contribution in [0.5, 0.6) is 0 Å².